The SMILES string of the molecule is C=C(c1cc(Cl)ccc1C(C(C)C(=C)C)N1CCN(C(=O)OC(C)C)CC1)C(NC(=O)COC(C)(C)C)c1cncn1C. The highest BCUT2D eigenvalue weighted by Crippen LogP contribution is 2.41. The molecule has 1 aliphatic heterocycles. The number of piperazine rings is 1. The first kappa shape index (κ1) is 34.4. The molecule has 1 N–H and O–H groups in total. The average molecular weight is 614 g/mol. The zero-order chi connectivity index (χ0) is 32.1. The molecule has 0 spiro atoms. The molecule has 1 aliphatic rings. The lowest BCUT2D eigenvalue weighted by Crippen LogP contribution is -2.51. The number of ether oxygens (including phenoxy) is 2. The maximum atomic E-state index is 13.1. The summed E-state index contributed by atoms with van der Waals surface area (Å²) in [5.41, 5.74) is 3.91. The van der Waals surface area contributed by atoms with Gasteiger partial charge >= 0.3 is 6.09 Å². The largest absolute Gasteiger partial charge is 0.447 e. The predicted octanol–water partition coefficient (Wildman–Crippen LogP) is 6.18. The minimum absolute atomic E-state index is 0.0723. The first-order valence-electron chi connectivity index (χ1n) is 14.8. The number of amides is 2. The van der Waals surface area contributed by atoms with E-state index in [0.29, 0.717) is 36.8 Å². The van der Waals surface area contributed by atoms with Crippen molar-refractivity contribution in [2.75, 3.05) is 32.8 Å². The van der Waals surface area contributed by atoms with Crippen molar-refractivity contribution < 1.29 is 19.1 Å². The second-order valence-electron chi connectivity index (χ2n) is 12.6. The maximum Gasteiger partial charge on any atom is 0.410 e. The van der Waals surface area contributed by atoms with Crippen LogP contribution in [0.2, 0.25) is 5.02 Å². The molecule has 9 nitrogen and oxygen atoms in total. The van der Waals surface area contributed by atoms with Crippen molar-refractivity contribution in [1.29, 1.82) is 0 Å². The summed E-state index contributed by atoms with van der Waals surface area (Å²) in [6.45, 7) is 24.8. The van der Waals surface area contributed by atoms with Crippen molar-refractivity contribution >= 4 is 29.2 Å². The van der Waals surface area contributed by atoms with Crippen LogP contribution in [0.3, 0.4) is 0 Å². The van der Waals surface area contributed by atoms with Crippen molar-refractivity contribution in [3.05, 3.63) is 71.3 Å². The Hall–Kier alpha value is -3.14. The molecular formula is C33H48ClN5O4. The van der Waals surface area contributed by atoms with E-state index in [9.17, 15) is 9.59 Å². The third kappa shape index (κ3) is 9.17. The molecule has 3 atom stereocenters. The molecule has 3 unspecified atom stereocenters. The molecule has 0 bridgehead atoms. The lowest BCUT2D eigenvalue weighted by Gasteiger charge is -2.42. The van der Waals surface area contributed by atoms with E-state index in [1.165, 1.54) is 0 Å². The number of carbonyl (C=O) groups excluding carboxylic acids is 2. The van der Waals surface area contributed by atoms with E-state index in [2.05, 4.69) is 35.3 Å². The van der Waals surface area contributed by atoms with Crippen LogP contribution in [0.15, 0.2) is 49.5 Å². The third-order valence-electron chi connectivity index (χ3n) is 7.67. The van der Waals surface area contributed by atoms with Gasteiger partial charge < -0.3 is 24.3 Å². The van der Waals surface area contributed by atoms with Crippen LogP contribution < -0.4 is 5.32 Å². The van der Waals surface area contributed by atoms with Crippen LogP contribution in [-0.4, -0.2) is 75.8 Å². The van der Waals surface area contributed by atoms with Crippen molar-refractivity contribution in [1.82, 2.24) is 24.7 Å². The zero-order valence-corrected chi connectivity index (χ0v) is 27.7. The molecular weight excluding hydrogens is 566 g/mol. The smallest absolute Gasteiger partial charge is 0.410 e. The van der Waals surface area contributed by atoms with Crippen LogP contribution in [-0.2, 0) is 21.3 Å². The van der Waals surface area contributed by atoms with Crippen LogP contribution in [0.5, 0.6) is 0 Å². The Morgan fingerprint density at radius 1 is 1.12 bits per heavy atom. The summed E-state index contributed by atoms with van der Waals surface area (Å²) in [5, 5.41) is 3.69. The van der Waals surface area contributed by atoms with Crippen molar-refractivity contribution in [2.24, 2.45) is 13.0 Å². The van der Waals surface area contributed by atoms with Crippen LogP contribution in [0.25, 0.3) is 5.57 Å². The Labute approximate surface area is 261 Å². The van der Waals surface area contributed by atoms with Gasteiger partial charge in [-0.2, -0.15) is 0 Å². The maximum absolute atomic E-state index is 13.1. The van der Waals surface area contributed by atoms with Gasteiger partial charge in [0, 0.05) is 44.3 Å². The molecule has 10 heteroatoms. The number of rotatable bonds is 11. The van der Waals surface area contributed by atoms with Gasteiger partial charge in [0.15, 0.2) is 0 Å². The van der Waals surface area contributed by atoms with Gasteiger partial charge in [0.05, 0.1) is 36.0 Å². The molecule has 0 radical (unpaired) electrons. The quantitative estimate of drug-likeness (QED) is 0.305. The number of nitrogens with zero attached hydrogens (tertiary/aromatic N) is 4. The van der Waals surface area contributed by atoms with E-state index < -0.39 is 11.6 Å². The summed E-state index contributed by atoms with van der Waals surface area (Å²) in [6, 6.07) is 5.18. The first-order valence-corrected chi connectivity index (χ1v) is 15.2. The number of benzene rings is 1. The van der Waals surface area contributed by atoms with Gasteiger partial charge in [-0.25, -0.2) is 9.78 Å². The molecule has 0 aliphatic carbocycles. The lowest BCUT2D eigenvalue weighted by atomic mass is 9.82. The minimum Gasteiger partial charge on any atom is -0.447 e. The van der Waals surface area contributed by atoms with Crippen LogP contribution in [0.4, 0.5) is 4.79 Å². The molecule has 1 saturated heterocycles. The Morgan fingerprint density at radius 2 is 1.77 bits per heavy atom. The number of halogens is 1. The molecule has 236 valence electrons. The summed E-state index contributed by atoms with van der Waals surface area (Å²) in [5.74, 6) is -0.186. The highest BCUT2D eigenvalue weighted by atomic mass is 35.5. The number of hydrogen-bond acceptors (Lipinski definition) is 6. The van der Waals surface area contributed by atoms with Gasteiger partial charge in [-0.3, -0.25) is 9.69 Å². The predicted molar refractivity (Wildman–Crippen MR) is 172 cm³/mol. The summed E-state index contributed by atoms with van der Waals surface area (Å²) < 4.78 is 13.1. The number of hydrogen-bond donors (Lipinski definition) is 1. The van der Waals surface area contributed by atoms with Crippen molar-refractivity contribution in [3.63, 3.8) is 0 Å². The van der Waals surface area contributed by atoms with Gasteiger partial charge in [0.2, 0.25) is 5.91 Å². The topological polar surface area (TPSA) is 88.9 Å². The number of carbonyl (C=O) groups is 2. The molecule has 1 fully saturated rings. The molecule has 1 aromatic heterocycles. The Bertz CT molecular complexity index is 1310. The van der Waals surface area contributed by atoms with Crippen LogP contribution in [0.1, 0.15) is 77.4 Å². The van der Waals surface area contributed by atoms with Gasteiger partial charge in [0.25, 0.3) is 0 Å². The van der Waals surface area contributed by atoms with Gasteiger partial charge in [-0.15, -0.1) is 0 Å². The number of nitrogens with one attached hydrogen (secondary N) is 1. The van der Waals surface area contributed by atoms with E-state index >= 15 is 0 Å². The fraction of sp³-hybridized carbons (Fsp3) is 0.545. The minimum atomic E-state index is -0.579. The number of aromatic nitrogens is 2. The van der Waals surface area contributed by atoms with Gasteiger partial charge in [-0.05, 0) is 76.3 Å². The molecule has 3 rings (SSSR count). The standard InChI is InChI=1S/C33H48ClN5O4/c1-21(2)23(5)31(38-13-15-39(16-14-38)32(41)43-22(3)4)26-12-11-25(34)17-27(26)24(6)30(28-18-35-20-37(28)10)36-29(40)19-42-33(7,8)9/h11-12,17-18,20,22-23,30-31H,1,6,13-16,19H2,2-5,7-10H3,(H,36,40). The van der Waals surface area contributed by atoms with Crippen LogP contribution in [0, 0.1) is 5.92 Å². The third-order valence-corrected chi connectivity index (χ3v) is 7.91. The van der Waals surface area contributed by atoms with Crippen LogP contribution >= 0.6 is 11.6 Å². The fourth-order valence-electron chi connectivity index (χ4n) is 5.20. The second kappa shape index (κ2) is 14.6. The highest BCUT2D eigenvalue weighted by Gasteiger charge is 2.34. The Morgan fingerprint density at radius 3 is 2.30 bits per heavy atom. The first-order chi connectivity index (χ1) is 20.1. The van der Waals surface area contributed by atoms with Gasteiger partial charge in [0.1, 0.15) is 6.61 Å². The van der Waals surface area contributed by atoms with E-state index in [-0.39, 0.29) is 36.7 Å². The summed E-state index contributed by atoms with van der Waals surface area (Å²) in [4.78, 5) is 34.1. The number of imidazole rings is 1. The monoisotopic (exact) mass is 613 g/mol. The molecule has 2 aromatic rings. The number of aryl methyl sites for hydroxylation is 1. The molecule has 0 saturated carbocycles. The second-order valence-corrected chi connectivity index (χ2v) is 13.1. The molecule has 2 heterocycles. The van der Waals surface area contributed by atoms with E-state index in [0.717, 1.165) is 22.4 Å². The normalized spacial score (nSPS) is 16.5. The van der Waals surface area contributed by atoms with Crippen molar-refractivity contribution in [2.45, 2.75) is 72.3 Å². The van der Waals surface area contributed by atoms with Gasteiger partial charge in [-0.1, -0.05) is 43.3 Å². The Kier molecular flexibility index (Phi) is 11.6. The fourth-order valence-corrected chi connectivity index (χ4v) is 5.37. The molecule has 1 aromatic carbocycles. The summed E-state index contributed by atoms with van der Waals surface area (Å²) >= 11 is 6.60. The summed E-state index contributed by atoms with van der Waals surface area (Å²) in [6.07, 6.45) is 2.97. The van der Waals surface area contributed by atoms with Crippen molar-refractivity contribution in [3.8, 4) is 0 Å². The van der Waals surface area contributed by atoms with E-state index in [1.54, 1.807) is 17.4 Å². The molecule has 2 amide bonds. The van der Waals surface area contributed by atoms with E-state index in [4.69, 9.17) is 21.1 Å². The lowest BCUT2D eigenvalue weighted by molar-refractivity contribution is -0.131. The average Bonchev–Trinajstić information content (AvgIpc) is 3.35. The highest BCUT2D eigenvalue weighted by molar-refractivity contribution is 6.30. The van der Waals surface area contributed by atoms with E-state index in [1.807, 2.05) is 71.4 Å². The molecule has 43 heavy (non-hydrogen) atoms. The Balaban J connectivity index is 2.00. The zero-order valence-electron chi connectivity index (χ0n) is 26.9. The summed E-state index contributed by atoms with van der Waals surface area (Å²) in [7, 11) is 1.88.